The number of nitrogens with zero attached hydrogens (tertiary/aromatic N) is 1. The van der Waals surface area contributed by atoms with Crippen molar-refractivity contribution in [2.45, 2.75) is 19.2 Å². The third-order valence-electron chi connectivity index (χ3n) is 4.05. The van der Waals surface area contributed by atoms with Crippen LogP contribution in [0.25, 0.3) is 0 Å². The minimum absolute atomic E-state index is 0.111. The lowest BCUT2D eigenvalue weighted by Crippen LogP contribution is -2.28. The first-order chi connectivity index (χ1) is 11.5. The number of carbonyl (C=O) groups excluding carboxylic acids is 1. The fraction of sp³-hybridized carbons (Fsp3) is 0.316. The van der Waals surface area contributed by atoms with Gasteiger partial charge < -0.3 is 9.47 Å². The molecule has 1 atom stereocenters. The SMILES string of the molecule is COc1cccc(C2SCC(=O)N2c2cc(C)cc(C)c2)c1OC. The van der Waals surface area contributed by atoms with E-state index in [-0.39, 0.29) is 11.3 Å². The van der Waals surface area contributed by atoms with Gasteiger partial charge in [0, 0.05) is 11.3 Å². The molecular weight excluding hydrogens is 322 g/mol. The van der Waals surface area contributed by atoms with Gasteiger partial charge in [0.05, 0.1) is 20.0 Å². The summed E-state index contributed by atoms with van der Waals surface area (Å²) in [5.41, 5.74) is 4.17. The lowest BCUT2D eigenvalue weighted by molar-refractivity contribution is -0.115. The average Bonchev–Trinajstić information content (AvgIpc) is 2.94. The average molecular weight is 343 g/mol. The van der Waals surface area contributed by atoms with E-state index in [4.69, 9.17) is 9.47 Å². The highest BCUT2D eigenvalue weighted by Gasteiger charge is 2.36. The molecule has 0 radical (unpaired) electrons. The van der Waals surface area contributed by atoms with Gasteiger partial charge >= 0.3 is 0 Å². The van der Waals surface area contributed by atoms with Crippen molar-refractivity contribution in [3.8, 4) is 11.5 Å². The summed E-state index contributed by atoms with van der Waals surface area (Å²) in [5.74, 6) is 1.93. The fourth-order valence-corrected chi connectivity index (χ4v) is 4.32. The third-order valence-corrected chi connectivity index (χ3v) is 5.25. The van der Waals surface area contributed by atoms with Crippen molar-refractivity contribution >= 4 is 23.4 Å². The third kappa shape index (κ3) is 2.96. The number of methoxy groups -OCH3 is 2. The largest absolute Gasteiger partial charge is 0.493 e. The predicted molar refractivity (Wildman–Crippen MR) is 98.1 cm³/mol. The molecule has 0 bridgehead atoms. The van der Waals surface area contributed by atoms with Crippen molar-refractivity contribution in [1.29, 1.82) is 0 Å². The van der Waals surface area contributed by atoms with Crippen molar-refractivity contribution in [2.24, 2.45) is 0 Å². The van der Waals surface area contributed by atoms with Gasteiger partial charge in [0.2, 0.25) is 5.91 Å². The van der Waals surface area contributed by atoms with Gasteiger partial charge in [0.25, 0.3) is 0 Å². The first-order valence-electron chi connectivity index (χ1n) is 7.78. The van der Waals surface area contributed by atoms with Gasteiger partial charge in [-0.25, -0.2) is 0 Å². The Balaban J connectivity index is 2.09. The van der Waals surface area contributed by atoms with Crippen LogP contribution in [0.1, 0.15) is 22.1 Å². The van der Waals surface area contributed by atoms with E-state index >= 15 is 0 Å². The number of thioether (sulfide) groups is 1. The molecule has 0 aliphatic carbocycles. The minimum Gasteiger partial charge on any atom is -0.493 e. The molecule has 1 fully saturated rings. The van der Waals surface area contributed by atoms with Crippen molar-refractivity contribution in [3.63, 3.8) is 0 Å². The maximum absolute atomic E-state index is 12.6. The molecule has 4 nitrogen and oxygen atoms in total. The first kappa shape index (κ1) is 16.7. The number of para-hydroxylation sites is 1. The molecular formula is C19H21NO3S. The smallest absolute Gasteiger partial charge is 0.238 e. The number of hydrogen-bond acceptors (Lipinski definition) is 4. The zero-order chi connectivity index (χ0) is 17.3. The number of amides is 1. The second kappa shape index (κ2) is 6.77. The van der Waals surface area contributed by atoms with E-state index in [2.05, 4.69) is 18.2 Å². The Kier molecular flexibility index (Phi) is 4.71. The number of aryl methyl sites for hydroxylation is 2. The summed E-state index contributed by atoms with van der Waals surface area (Å²) in [4.78, 5) is 14.4. The van der Waals surface area contributed by atoms with E-state index in [1.807, 2.05) is 36.9 Å². The first-order valence-corrected chi connectivity index (χ1v) is 8.83. The van der Waals surface area contributed by atoms with Crippen LogP contribution in [0.4, 0.5) is 5.69 Å². The van der Waals surface area contributed by atoms with E-state index in [9.17, 15) is 4.79 Å². The van der Waals surface area contributed by atoms with Gasteiger partial charge in [-0.3, -0.25) is 9.69 Å². The van der Waals surface area contributed by atoms with Crippen molar-refractivity contribution in [2.75, 3.05) is 24.9 Å². The van der Waals surface area contributed by atoms with E-state index in [0.717, 1.165) is 22.4 Å². The van der Waals surface area contributed by atoms with Crippen LogP contribution in [0.15, 0.2) is 36.4 Å². The molecule has 2 aromatic rings. The molecule has 24 heavy (non-hydrogen) atoms. The molecule has 3 rings (SSSR count). The lowest BCUT2D eigenvalue weighted by atomic mass is 10.1. The zero-order valence-corrected chi connectivity index (χ0v) is 15.1. The van der Waals surface area contributed by atoms with Gasteiger partial charge in [-0.1, -0.05) is 18.2 Å². The molecule has 0 spiro atoms. The van der Waals surface area contributed by atoms with Crippen LogP contribution in [0.5, 0.6) is 11.5 Å². The molecule has 1 aliphatic rings. The molecule has 0 saturated carbocycles. The van der Waals surface area contributed by atoms with Gasteiger partial charge in [-0.05, 0) is 43.2 Å². The van der Waals surface area contributed by atoms with Crippen molar-refractivity contribution in [1.82, 2.24) is 0 Å². The van der Waals surface area contributed by atoms with Crippen LogP contribution in [0.3, 0.4) is 0 Å². The number of hydrogen-bond donors (Lipinski definition) is 0. The van der Waals surface area contributed by atoms with Crippen LogP contribution in [-0.2, 0) is 4.79 Å². The zero-order valence-electron chi connectivity index (χ0n) is 14.3. The number of ether oxygens (including phenoxy) is 2. The molecule has 5 heteroatoms. The van der Waals surface area contributed by atoms with E-state index < -0.39 is 0 Å². The Morgan fingerprint density at radius 3 is 2.42 bits per heavy atom. The number of rotatable bonds is 4. The summed E-state index contributed by atoms with van der Waals surface area (Å²) >= 11 is 1.61. The van der Waals surface area contributed by atoms with E-state index in [0.29, 0.717) is 17.3 Å². The number of carbonyl (C=O) groups is 1. The maximum Gasteiger partial charge on any atom is 0.238 e. The monoisotopic (exact) mass is 343 g/mol. The van der Waals surface area contributed by atoms with Gasteiger partial charge in [0.1, 0.15) is 5.37 Å². The normalized spacial score (nSPS) is 17.2. The standard InChI is InChI=1S/C19H21NO3S/c1-12-8-13(2)10-14(9-12)20-17(21)11-24-19(20)15-6-5-7-16(22-3)18(15)23-4/h5-10,19H,11H2,1-4H3. The molecule has 1 heterocycles. The van der Waals surface area contributed by atoms with Crippen molar-refractivity contribution < 1.29 is 14.3 Å². The summed E-state index contributed by atoms with van der Waals surface area (Å²) in [5, 5.41) is -0.122. The summed E-state index contributed by atoms with van der Waals surface area (Å²) in [7, 11) is 3.25. The Morgan fingerprint density at radius 1 is 1.08 bits per heavy atom. The summed E-state index contributed by atoms with van der Waals surface area (Å²) in [6.07, 6.45) is 0. The molecule has 1 amide bonds. The van der Waals surface area contributed by atoms with Crippen LogP contribution >= 0.6 is 11.8 Å². The highest BCUT2D eigenvalue weighted by molar-refractivity contribution is 8.00. The molecule has 126 valence electrons. The fourth-order valence-electron chi connectivity index (χ4n) is 3.13. The van der Waals surface area contributed by atoms with Crippen LogP contribution < -0.4 is 14.4 Å². The Hall–Kier alpha value is -2.14. The Labute approximate surface area is 146 Å². The van der Waals surface area contributed by atoms with Crippen molar-refractivity contribution in [3.05, 3.63) is 53.1 Å². The molecule has 1 aliphatic heterocycles. The van der Waals surface area contributed by atoms with Gasteiger partial charge in [0.15, 0.2) is 11.5 Å². The summed E-state index contributed by atoms with van der Waals surface area (Å²) in [6.45, 7) is 4.09. The number of benzene rings is 2. The Bertz CT molecular complexity index is 755. The highest BCUT2D eigenvalue weighted by atomic mass is 32.2. The summed E-state index contributed by atoms with van der Waals surface area (Å²) in [6, 6.07) is 12.0. The van der Waals surface area contributed by atoms with Crippen LogP contribution in [0.2, 0.25) is 0 Å². The molecule has 0 aromatic heterocycles. The lowest BCUT2D eigenvalue weighted by Gasteiger charge is -2.26. The molecule has 0 N–H and O–H groups in total. The van der Waals surface area contributed by atoms with E-state index in [1.54, 1.807) is 26.0 Å². The molecule has 1 unspecified atom stereocenters. The van der Waals surface area contributed by atoms with Gasteiger partial charge in [-0.15, -0.1) is 11.8 Å². The van der Waals surface area contributed by atoms with Gasteiger partial charge in [-0.2, -0.15) is 0 Å². The summed E-state index contributed by atoms with van der Waals surface area (Å²) < 4.78 is 11.0. The Morgan fingerprint density at radius 2 is 1.79 bits per heavy atom. The molecule has 2 aromatic carbocycles. The quantitative estimate of drug-likeness (QED) is 0.838. The topological polar surface area (TPSA) is 38.8 Å². The predicted octanol–water partition coefficient (Wildman–Crippen LogP) is 4.10. The van der Waals surface area contributed by atoms with Crippen LogP contribution in [0, 0.1) is 13.8 Å². The number of anilines is 1. The van der Waals surface area contributed by atoms with E-state index in [1.165, 1.54) is 0 Å². The second-order valence-electron chi connectivity index (χ2n) is 5.86. The maximum atomic E-state index is 12.6. The minimum atomic E-state index is -0.122. The second-order valence-corrected chi connectivity index (χ2v) is 6.92. The molecule has 1 saturated heterocycles. The highest BCUT2D eigenvalue weighted by Crippen LogP contribution is 2.47. The van der Waals surface area contributed by atoms with Crippen LogP contribution in [-0.4, -0.2) is 25.9 Å².